The van der Waals surface area contributed by atoms with Gasteiger partial charge in [-0.05, 0) is 38.1 Å². The zero-order valence-corrected chi connectivity index (χ0v) is 19.1. The van der Waals surface area contributed by atoms with Crippen LogP contribution >= 0.6 is 69.1 Å². The molecule has 0 radical (unpaired) electrons. The minimum Gasteiger partial charge on any atom is -0.389 e. The van der Waals surface area contributed by atoms with Crippen molar-refractivity contribution in [2.75, 3.05) is 0 Å². The van der Waals surface area contributed by atoms with Gasteiger partial charge in [0.25, 0.3) is 0 Å². The van der Waals surface area contributed by atoms with E-state index in [-0.39, 0.29) is 10.9 Å². The molecule has 0 saturated carbocycles. The molecule has 10 heteroatoms. The molecule has 4 rings (SSSR count). The lowest BCUT2D eigenvalue weighted by atomic mass is 10.1. The number of ketones is 1. The minimum absolute atomic E-state index is 0.0910. The molecule has 0 aromatic carbocycles. The standard InChI is InChI=1S/C9H7Cl2NOS.C9H5Cl2NOS/c2*1-4(13)6-2-5-3-7(10)14-9(5)12-8(6)11/h2-4,13H,1H3;2-3H,1H3/t4-;/m1./s1. The summed E-state index contributed by atoms with van der Waals surface area (Å²) in [7, 11) is 0. The van der Waals surface area contributed by atoms with Crippen molar-refractivity contribution in [1.82, 2.24) is 9.97 Å². The number of aliphatic hydroxyl groups is 1. The van der Waals surface area contributed by atoms with Crippen LogP contribution in [0.3, 0.4) is 0 Å². The Morgan fingerprint density at radius 1 is 0.929 bits per heavy atom. The van der Waals surface area contributed by atoms with Crippen LogP contribution in [-0.4, -0.2) is 20.9 Å². The quantitative estimate of drug-likeness (QED) is 0.232. The maximum Gasteiger partial charge on any atom is 0.162 e. The van der Waals surface area contributed by atoms with E-state index in [0.717, 1.165) is 20.4 Å². The summed E-state index contributed by atoms with van der Waals surface area (Å²) in [5.74, 6) is -0.0910. The maximum absolute atomic E-state index is 11.2. The molecular formula is C18H12Cl4N2O2S2. The van der Waals surface area contributed by atoms with Crippen LogP contribution in [0.5, 0.6) is 0 Å². The Labute approximate surface area is 188 Å². The summed E-state index contributed by atoms with van der Waals surface area (Å²) in [4.78, 5) is 21.0. The van der Waals surface area contributed by atoms with Gasteiger partial charge in [-0.1, -0.05) is 46.4 Å². The lowest BCUT2D eigenvalue weighted by Crippen LogP contribution is -1.94. The van der Waals surface area contributed by atoms with Crippen LogP contribution in [0.15, 0.2) is 24.3 Å². The molecule has 0 unspecified atom stereocenters. The molecule has 146 valence electrons. The summed E-state index contributed by atoms with van der Waals surface area (Å²) in [5.41, 5.74) is 1.07. The molecule has 1 atom stereocenters. The monoisotopic (exact) mass is 492 g/mol. The fraction of sp³-hybridized carbons (Fsp3) is 0.167. The smallest absolute Gasteiger partial charge is 0.162 e. The second-order valence-corrected chi connectivity index (χ2v) is 9.86. The van der Waals surface area contributed by atoms with Gasteiger partial charge in [0.1, 0.15) is 20.0 Å². The van der Waals surface area contributed by atoms with E-state index in [4.69, 9.17) is 46.4 Å². The third-order valence-electron chi connectivity index (χ3n) is 3.72. The van der Waals surface area contributed by atoms with Crippen LogP contribution < -0.4 is 0 Å². The fourth-order valence-corrected chi connectivity index (χ4v) is 5.23. The van der Waals surface area contributed by atoms with Gasteiger partial charge in [-0.3, -0.25) is 4.79 Å². The van der Waals surface area contributed by atoms with Crippen LogP contribution in [0.4, 0.5) is 0 Å². The van der Waals surface area contributed by atoms with Crippen molar-refractivity contribution in [1.29, 1.82) is 0 Å². The number of hydrogen-bond acceptors (Lipinski definition) is 6. The number of hydrogen-bond donors (Lipinski definition) is 1. The lowest BCUT2D eigenvalue weighted by molar-refractivity contribution is 0.101. The highest BCUT2D eigenvalue weighted by atomic mass is 35.5. The Balaban J connectivity index is 0.000000161. The van der Waals surface area contributed by atoms with Crippen molar-refractivity contribution in [3.63, 3.8) is 0 Å². The van der Waals surface area contributed by atoms with Gasteiger partial charge in [-0.15, -0.1) is 22.7 Å². The summed E-state index contributed by atoms with van der Waals surface area (Å²) >= 11 is 26.1. The van der Waals surface area contributed by atoms with Crippen LogP contribution in [0, 0.1) is 0 Å². The molecule has 0 saturated heterocycles. The molecule has 28 heavy (non-hydrogen) atoms. The number of carbonyl (C=O) groups excluding carboxylic acids is 1. The molecule has 4 heterocycles. The van der Waals surface area contributed by atoms with Crippen LogP contribution in [0.25, 0.3) is 20.4 Å². The number of Topliss-reactive ketones (excluding diaryl/α,β-unsaturated/α-hetero) is 1. The van der Waals surface area contributed by atoms with Crippen molar-refractivity contribution in [3.05, 3.63) is 54.4 Å². The number of rotatable bonds is 2. The van der Waals surface area contributed by atoms with Gasteiger partial charge in [0.15, 0.2) is 5.78 Å². The third kappa shape index (κ3) is 4.76. The largest absolute Gasteiger partial charge is 0.389 e. The Hall–Kier alpha value is -0.990. The number of thiophene rings is 2. The molecule has 0 aliphatic carbocycles. The van der Waals surface area contributed by atoms with Gasteiger partial charge in [0, 0.05) is 16.3 Å². The Bertz CT molecular complexity index is 1190. The van der Waals surface area contributed by atoms with Crippen LogP contribution in [0.1, 0.15) is 35.9 Å². The van der Waals surface area contributed by atoms with Gasteiger partial charge in [-0.25, -0.2) is 9.97 Å². The van der Waals surface area contributed by atoms with E-state index >= 15 is 0 Å². The molecule has 0 spiro atoms. The van der Waals surface area contributed by atoms with E-state index in [1.54, 1.807) is 19.1 Å². The number of halogens is 4. The van der Waals surface area contributed by atoms with E-state index in [2.05, 4.69) is 9.97 Å². The van der Waals surface area contributed by atoms with Gasteiger partial charge >= 0.3 is 0 Å². The van der Waals surface area contributed by atoms with Gasteiger partial charge in [-0.2, -0.15) is 0 Å². The molecule has 4 nitrogen and oxygen atoms in total. The first kappa shape index (κ1) is 21.7. The minimum atomic E-state index is -0.613. The van der Waals surface area contributed by atoms with E-state index in [9.17, 15) is 9.90 Å². The average Bonchev–Trinajstić information content (AvgIpc) is 3.13. The number of pyridine rings is 2. The first-order valence-corrected chi connectivity index (χ1v) is 11.0. The summed E-state index contributed by atoms with van der Waals surface area (Å²) in [5, 5.41) is 11.8. The van der Waals surface area contributed by atoms with Crippen molar-refractivity contribution < 1.29 is 9.90 Å². The first-order chi connectivity index (χ1) is 13.2. The lowest BCUT2D eigenvalue weighted by Gasteiger charge is -2.05. The summed E-state index contributed by atoms with van der Waals surface area (Å²) in [6.45, 7) is 3.12. The highest BCUT2D eigenvalue weighted by molar-refractivity contribution is 7.22. The highest BCUT2D eigenvalue weighted by Gasteiger charge is 2.12. The highest BCUT2D eigenvalue weighted by Crippen LogP contribution is 2.33. The van der Waals surface area contributed by atoms with Crippen LogP contribution in [-0.2, 0) is 0 Å². The summed E-state index contributed by atoms with van der Waals surface area (Å²) in [6.07, 6.45) is -0.613. The Morgan fingerprint density at radius 3 is 1.93 bits per heavy atom. The van der Waals surface area contributed by atoms with E-state index in [0.29, 0.717) is 25.0 Å². The second-order valence-electron chi connectivity index (χ2n) is 5.82. The molecular weight excluding hydrogens is 482 g/mol. The SMILES string of the molecule is CC(=O)c1cc2cc(Cl)sc2nc1Cl.C[C@@H](O)c1cc2cc(Cl)sc2nc1Cl. The van der Waals surface area contributed by atoms with E-state index in [1.807, 2.05) is 12.1 Å². The fourth-order valence-electron chi connectivity index (χ4n) is 2.40. The van der Waals surface area contributed by atoms with Gasteiger partial charge < -0.3 is 5.11 Å². The number of carbonyl (C=O) groups is 1. The number of aromatic nitrogens is 2. The molecule has 0 aliphatic heterocycles. The number of nitrogens with zero attached hydrogens (tertiary/aromatic N) is 2. The van der Waals surface area contributed by atoms with Crippen molar-refractivity contribution in [2.24, 2.45) is 0 Å². The van der Waals surface area contributed by atoms with Crippen molar-refractivity contribution >= 4 is 95.3 Å². The molecule has 4 aromatic rings. The normalized spacial score (nSPS) is 12.1. The number of aliphatic hydroxyl groups excluding tert-OH is 1. The topological polar surface area (TPSA) is 63.1 Å². The van der Waals surface area contributed by atoms with Crippen LogP contribution in [0.2, 0.25) is 19.0 Å². The third-order valence-corrected chi connectivity index (χ3v) is 6.66. The second kappa shape index (κ2) is 8.79. The average molecular weight is 494 g/mol. The Morgan fingerprint density at radius 2 is 1.43 bits per heavy atom. The molecule has 0 fully saturated rings. The van der Waals surface area contributed by atoms with E-state index in [1.165, 1.54) is 29.6 Å². The predicted octanol–water partition coefficient (Wildman–Crippen LogP) is 7.46. The summed E-state index contributed by atoms with van der Waals surface area (Å²) < 4.78 is 1.32. The zero-order valence-electron chi connectivity index (χ0n) is 14.5. The van der Waals surface area contributed by atoms with Gasteiger partial charge in [0.05, 0.1) is 20.3 Å². The van der Waals surface area contributed by atoms with Crippen molar-refractivity contribution in [3.8, 4) is 0 Å². The molecule has 4 aromatic heterocycles. The molecule has 0 amide bonds. The van der Waals surface area contributed by atoms with Gasteiger partial charge in [0.2, 0.25) is 0 Å². The zero-order chi connectivity index (χ0) is 20.6. The molecule has 1 N–H and O–H groups in total. The molecule has 0 aliphatic rings. The number of fused-ring (bicyclic) bond motifs is 2. The predicted molar refractivity (Wildman–Crippen MR) is 120 cm³/mol. The summed E-state index contributed by atoms with van der Waals surface area (Å²) in [6, 6.07) is 7.13. The van der Waals surface area contributed by atoms with E-state index < -0.39 is 6.10 Å². The Kier molecular flexibility index (Phi) is 6.82. The molecule has 0 bridgehead atoms. The van der Waals surface area contributed by atoms with Crippen molar-refractivity contribution in [2.45, 2.75) is 20.0 Å². The maximum atomic E-state index is 11.2. The first-order valence-electron chi connectivity index (χ1n) is 7.85.